The first-order valence-electron chi connectivity index (χ1n) is 10.9. The Morgan fingerprint density at radius 2 is 2.09 bits per heavy atom. The Labute approximate surface area is 188 Å². The minimum absolute atomic E-state index is 0.271. The number of hydrogen-bond acceptors (Lipinski definition) is 6. The average Bonchev–Trinajstić information content (AvgIpc) is 3.38. The van der Waals surface area contributed by atoms with Gasteiger partial charge in [0.1, 0.15) is 11.9 Å². The van der Waals surface area contributed by atoms with E-state index >= 15 is 0 Å². The Morgan fingerprint density at radius 3 is 2.78 bits per heavy atom. The highest BCUT2D eigenvalue weighted by Gasteiger charge is 2.24. The molecule has 0 spiro atoms. The zero-order valence-corrected chi connectivity index (χ0v) is 19.4. The summed E-state index contributed by atoms with van der Waals surface area (Å²) >= 11 is 0. The molecule has 1 fully saturated rings. The van der Waals surface area contributed by atoms with Gasteiger partial charge in [-0.3, -0.25) is 0 Å². The average molecular weight is 438 g/mol. The molecule has 1 aromatic carbocycles. The normalized spacial score (nSPS) is 16.5. The van der Waals surface area contributed by atoms with Gasteiger partial charge in [-0.15, -0.1) is 0 Å². The van der Waals surface area contributed by atoms with Gasteiger partial charge in [-0.1, -0.05) is 12.1 Å². The monoisotopic (exact) mass is 437 g/mol. The molecule has 1 amide bonds. The Kier molecular flexibility index (Phi) is 6.06. The van der Waals surface area contributed by atoms with Crippen LogP contribution in [0.25, 0.3) is 16.8 Å². The van der Waals surface area contributed by atoms with E-state index in [2.05, 4.69) is 32.4 Å². The number of nitrogens with one attached hydrogen (secondary N) is 1. The maximum atomic E-state index is 12.0. The summed E-state index contributed by atoms with van der Waals surface area (Å²) in [4.78, 5) is 18.9. The molecule has 1 saturated heterocycles. The van der Waals surface area contributed by atoms with Crippen molar-refractivity contribution in [1.82, 2.24) is 19.9 Å². The summed E-state index contributed by atoms with van der Waals surface area (Å²) in [7, 11) is 1.77. The molecule has 4 rings (SSSR count). The lowest BCUT2D eigenvalue weighted by molar-refractivity contribution is 0.0523. The Hall–Kier alpha value is -3.13. The highest BCUT2D eigenvalue weighted by Crippen LogP contribution is 2.29. The number of hydrogen-bond donors (Lipinski definition) is 1. The van der Waals surface area contributed by atoms with Crippen LogP contribution in [0.4, 0.5) is 10.5 Å². The molecule has 8 nitrogen and oxygen atoms in total. The molecule has 2 aromatic heterocycles. The van der Waals surface area contributed by atoms with E-state index < -0.39 is 11.7 Å². The summed E-state index contributed by atoms with van der Waals surface area (Å²) in [5.74, 6) is 0. The number of fused-ring (bicyclic) bond motifs is 1. The number of amides is 1. The second kappa shape index (κ2) is 8.78. The van der Waals surface area contributed by atoms with Gasteiger partial charge in [0, 0.05) is 32.3 Å². The summed E-state index contributed by atoms with van der Waals surface area (Å²) in [6.07, 6.45) is 4.51. The maximum Gasteiger partial charge on any atom is 0.407 e. The quantitative estimate of drug-likeness (QED) is 0.651. The molecule has 0 bridgehead atoms. The van der Waals surface area contributed by atoms with Crippen LogP contribution in [0, 0.1) is 6.92 Å². The predicted molar refractivity (Wildman–Crippen MR) is 124 cm³/mol. The van der Waals surface area contributed by atoms with E-state index in [1.165, 1.54) is 0 Å². The number of ether oxygens (including phenoxy) is 2. The van der Waals surface area contributed by atoms with Crippen LogP contribution in [0.5, 0.6) is 0 Å². The number of carbonyl (C=O) groups excluding carboxylic acids is 1. The summed E-state index contributed by atoms with van der Waals surface area (Å²) < 4.78 is 12.7. The molecular weight excluding hydrogens is 406 g/mol. The van der Waals surface area contributed by atoms with E-state index in [0.29, 0.717) is 6.54 Å². The highest BCUT2D eigenvalue weighted by molar-refractivity contribution is 5.80. The minimum atomic E-state index is -0.517. The number of methoxy groups -OCH3 is 1. The van der Waals surface area contributed by atoms with E-state index in [0.717, 1.165) is 53.1 Å². The van der Waals surface area contributed by atoms with Crippen molar-refractivity contribution in [3.63, 3.8) is 0 Å². The Bertz CT molecular complexity index is 1120. The first kappa shape index (κ1) is 22.1. The van der Waals surface area contributed by atoms with Crippen molar-refractivity contribution in [3.8, 4) is 11.3 Å². The van der Waals surface area contributed by atoms with Crippen molar-refractivity contribution in [1.29, 1.82) is 0 Å². The third-order valence-electron chi connectivity index (χ3n) is 5.67. The number of benzene rings is 1. The largest absolute Gasteiger partial charge is 0.444 e. The fourth-order valence-electron chi connectivity index (χ4n) is 3.99. The lowest BCUT2D eigenvalue weighted by Gasteiger charge is -2.20. The molecule has 32 heavy (non-hydrogen) atoms. The lowest BCUT2D eigenvalue weighted by Crippen LogP contribution is -2.32. The fourth-order valence-corrected chi connectivity index (χ4v) is 3.99. The summed E-state index contributed by atoms with van der Waals surface area (Å²) in [5.41, 5.74) is 5.56. The van der Waals surface area contributed by atoms with Gasteiger partial charge in [0.25, 0.3) is 0 Å². The van der Waals surface area contributed by atoms with Gasteiger partial charge >= 0.3 is 6.09 Å². The molecule has 0 aliphatic carbocycles. The Balaban J connectivity index is 1.54. The highest BCUT2D eigenvalue weighted by atomic mass is 16.6. The molecule has 0 saturated carbocycles. The number of anilines is 1. The molecule has 170 valence electrons. The molecule has 0 radical (unpaired) electrons. The molecule has 1 aliphatic heterocycles. The second-order valence-corrected chi connectivity index (χ2v) is 9.23. The lowest BCUT2D eigenvalue weighted by atomic mass is 10.0. The molecule has 1 N–H and O–H groups in total. The molecular formula is C24H31N5O3. The van der Waals surface area contributed by atoms with E-state index in [1.807, 2.05) is 50.5 Å². The minimum Gasteiger partial charge on any atom is -0.444 e. The third-order valence-corrected chi connectivity index (χ3v) is 5.67. The number of carbonyl (C=O) groups is 1. The van der Waals surface area contributed by atoms with E-state index in [4.69, 9.17) is 9.47 Å². The smallest absolute Gasteiger partial charge is 0.407 e. The fraction of sp³-hybridized carbons (Fsp3) is 0.458. The van der Waals surface area contributed by atoms with Crippen LogP contribution in [0.2, 0.25) is 0 Å². The van der Waals surface area contributed by atoms with Crippen LogP contribution in [0.1, 0.15) is 38.3 Å². The van der Waals surface area contributed by atoms with Gasteiger partial charge in [0.05, 0.1) is 29.2 Å². The van der Waals surface area contributed by atoms with Crippen molar-refractivity contribution in [2.75, 3.05) is 25.1 Å². The van der Waals surface area contributed by atoms with Gasteiger partial charge in [-0.05, 0) is 57.4 Å². The Morgan fingerprint density at radius 1 is 1.28 bits per heavy atom. The van der Waals surface area contributed by atoms with Crippen molar-refractivity contribution in [2.45, 2.75) is 52.4 Å². The van der Waals surface area contributed by atoms with Gasteiger partial charge in [0.15, 0.2) is 0 Å². The topological polar surface area (TPSA) is 81.0 Å². The predicted octanol–water partition coefficient (Wildman–Crippen LogP) is 3.95. The molecule has 8 heteroatoms. The first-order valence-corrected chi connectivity index (χ1v) is 10.9. The third kappa shape index (κ3) is 4.85. The number of aryl methyl sites for hydroxylation is 1. The molecule has 1 aliphatic rings. The molecule has 1 atom stereocenters. The van der Waals surface area contributed by atoms with E-state index in [1.54, 1.807) is 13.4 Å². The molecule has 3 heterocycles. The van der Waals surface area contributed by atoms with Gasteiger partial charge in [0.2, 0.25) is 0 Å². The van der Waals surface area contributed by atoms with Crippen LogP contribution in [0.15, 0.2) is 36.8 Å². The zero-order valence-electron chi connectivity index (χ0n) is 19.4. The molecule has 1 unspecified atom stereocenters. The van der Waals surface area contributed by atoms with Crippen LogP contribution in [-0.4, -0.2) is 52.6 Å². The van der Waals surface area contributed by atoms with Gasteiger partial charge < -0.3 is 19.7 Å². The number of rotatable bonds is 5. The SMILES string of the molecule is COC1CCN(c2cc3c(-c4ccc(CNC(=O)OC(C)(C)C)c(C)c4)ncnn3c2)C1. The van der Waals surface area contributed by atoms with Crippen LogP contribution in [0.3, 0.4) is 0 Å². The van der Waals surface area contributed by atoms with Gasteiger partial charge in [-0.25, -0.2) is 14.3 Å². The van der Waals surface area contributed by atoms with Crippen LogP contribution >= 0.6 is 0 Å². The van der Waals surface area contributed by atoms with Crippen molar-refractivity contribution < 1.29 is 14.3 Å². The van der Waals surface area contributed by atoms with E-state index in [9.17, 15) is 4.79 Å². The first-order chi connectivity index (χ1) is 15.2. The number of nitrogens with zero attached hydrogens (tertiary/aromatic N) is 4. The van der Waals surface area contributed by atoms with Crippen molar-refractivity contribution >= 4 is 17.3 Å². The summed E-state index contributed by atoms with van der Waals surface area (Å²) in [5, 5.41) is 7.22. The number of aromatic nitrogens is 3. The van der Waals surface area contributed by atoms with Gasteiger partial charge in [-0.2, -0.15) is 5.10 Å². The molecule has 3 aromatic rings. The van der Waals surface area contributed by atoms with Crippen LogP contribution < -0.4 is 10.2 Å². The maximum absolute atomic E-state index is 12.0. The second-order valence-electron chi connectivity index (χ2n) is 9.23. The summed E-state index contributed by atoms with van der Waals surface area (Å²) in [6, 6.07) is 8.29. The van der Waals surface area contributed by atoms with Crippen molar-refractivity contribution in [2.24, 2.45) is 0 Å². The number of alkyl carbamates (subject to hydrolysis) is 1. The zero-order chi connectivity index (χ0) is 22.9. The van der Waals surface area contributed by atoms with Crippen molar-refractivity contribution in [3.05, 3.63) is 47.9 Å². The summed E-state index contributed by atoms with van der Waals surface area (Å²) in [6.45, 7) is 9.84. The standard InChI is InChI=1S/C24H31N5O3/c1-16-10-17(6-7-18(16)12-25-23(30)32-24(2,3)4)22-21-11-19(13-29(21)27-15-26-22)28-9-8-20(14-28)31-5/h6-7,10-11,13,15,20H,8-9,12,14H2,1-5H3,(H,25,30). The van der Waals surface area contributed by atoms with Crippen LogP contribution in [-0.2, 0) is 16.0 Å². The van der Waals surface area contributed by atoms with E-state index in [-0.39, 0.29) is 6.10 Å².